The Kier molecular flexibility index (Phi) is 4.45. The van der Waals surface area contributed by atoms with Crippen LogP contribution in [-0.2, 0) is 9.59 Å². The molecule has 0 radical (unpaired) electrons. The van der Waals surface area contributed by atoms with E-state index in [4.69, 9.17) is 5.11 Å². The van der Waals surface area contributed by atoms with Gasteiger partial charge in [-0.05, 0) is 33.4 Å². The Morgan fingerprint density at radius 3 is 2.21 bits per heavy atom. The minimum absolute atomic E-state index is 0.0705. The molecule has 1 N–H and O–H groups in total. The standard InChI is InChI=1S/C14H24N2O3/c1-15(2)7-8-16(10-5-3-4-6-10)13(17)11-9-12(11)14(18)19/h10-12H,3-9H2,1-2H3,(H,18,19). The molecule has 2 fully saturated rings. The van der Waals surface area contributed by atoms with Crippen LogP contribution in [0.15, 0.2) is 0 Å². The first kappa shape index (κ1) is 14.3. The van der Waals surface area contributed by atoms with E-state index in [0.717, 1.165) is 25.9 Å². The summed E-state index contributed by atoms with van der Waals surface area (Å²) in [6, 6.07) is 0.336. The van der Waals surface area contributed by atoms with E-state index in [0.29, 0.717) is 12.5 Å². The minimum atomic E-state index is -0.822. The number of hydrogen-bond acceptors (Lipinski definition) is 3. The van der Waals surface area contributed by atoms with Gasteiger partial charge >= 0.3 is 5.97 Å². The second-order valence-electron chi connectivity index (χ2n) is 6.06. The van der Waals surface area contributed by atoms with Crippen LogP contribution in [0.3, 0.4) is 0 Å². The van der Waals surface area contributed by atoms with Crippen LogP contribution in [0.1, 0.15) is 32.1 Å². The molecule has 5 heteroatoms. The van der Waals surface area contributed by atoms with Gasteiger partial charge in [-0.25, -0.2) is 0 Å². The topological polar surface area (TPSA) is 60.9 Å². The van der Waals surface area contributed by atoms with E-state index in [9.17, 15) is 9.59 Å². The van der Waals surface area contributed by atoms with Crippen LogP contribution < -0.4 is 0 Å². The van der Waals surface area contributed by atoms with Gasteiger partial charge in [-0.1, -0.05) is 12.8 Å². The molecular formula is C14H24N2O3. The summed E-state index contributed by atoms with van der Waals surface area (Å²) in [6.45, 7) is 1.56. The highest BCUT2D eigenvalue weighted by atomic mass is 16.4. The van der Waals surface area contributed by atoms with Gasteiger partial charge in [0.05, 0.1) is 11.8 Å². The number of rotatable bonds is 6. The number of aliphatic carboxylic acids is 1. The summed E-state index contributed by atoms with van der Waals surface area (Å²) in [5.74, 6) is -1.45. The molecule has 1 amide bonds. The number of likely N-dealkylation sites (N-methyl/N-ethyl adjacent to an activating group) is 1. The molecule has 0 spiro atoms. The largest absolute Gasteiger partial charge is 0.481 e. The number of hydrogen-bond donors (Lipinski definition) is 1. The Labute approximate surface area is 114 Å². The monoisotopic (exact) mass is 268 g/mol. The van der Waals surface area contributed by atoms with Crippen molar-refractivity contribution in [2.24, 2.45) is 11.8 Å². The zero-order valence-corrected chi connectivity index (χ0v) is 11.8. The highest BCUT2D eigenvalue weighted by Crippen LogP contribution is 2.41. The van der Waals surface area contributed by atoms with Crippen LogP contribution in [0.25, 0.3) is 0 Å². The van der Waals surface area contributed by atoms with Crippen LogP contribution >= 0.6 is 0 Å². The highest BCUT2D eigenvalue weighted by Gasteiger charge is 2.50. The Bertz CT molecular complexity index is 351. The van der Waals surface area contributed by atoms with Gasteiger partial charge in [0.1, 0.15) is 0 Å². The maximum atomic E-state index is 12.5. The first-order valence-electron chi connectivity index (χ1n) is 7.18. The molecule has 0 heterocycles. The molecule has 2 atom stereocenters. The quantitative estimate of drug-likeness (QED) is 0.782. The van der Waals surface area contributed by atoms with Crippen LogP contribution in [0.5, 0.6) is 0 Å². The molecule has 2 rings (SSSR count). The van der Waals surface area contributed by atoms with Gasteiger partial charge in [-0.2, -0.15) is 0 Å². The Morgan fingerprint density at radius 1 is 1.11 bits per heavy atom. The smallest absolute Gasteiger partial charge is 0.307 e. The van der Waals surface area contributed by atoms with Crippen molar-refractivity contribution in [3.05, 3.63) is 0 Å². The molecule has 0 aromatic rings. The van der Waals surface area contributed by atoms with Crippen LogP contribution in [0.2, 0.25) is 0 Å². The van der Waals surface area contributed by atoms with E-state index in [1.54, 1.807) is 0 Å². The molecule has 0 aliphatic heterocycles. The lowest BCUT2D eigenvalue weighted by Gasteiger charge is -2.30. The predicted octanol–water partition coefficient (Wildman–Crippen LogP) is 1.04. The first-order chi connectivity index (χ1) is 9.00. The summed E-state index contributed by atoms with van der Waals surface area (Å²) in [5.41, 5.74) is 0. The van der Waals surface area contributed by atoms with Gasteiger partial charge in [0, 0.05) is 19.1 Å². The first-order valence-corrected chi connectivity index (χ1v) is 7.18. The van der Waals surface area contributed by atoms with Gasteiger partial charge in [-0.3, -0.25) is 9.59 Å². The number of carboxylic acid groups (broad SMARTS) is 1. The van der Waals surface area contributed by atoms with E-state index in [1.165, 1.54) is 12.8 Å². The van der Waals surface area contributed by atoms with Crippen molar-refractivity contribution in [1.82, 2.24) is 9.80 Å². The van der Waals surface area contributed by atoms with Crippen molar-refractivity contribution in [2.45, 2.75) is 38.1 Å². The number of nitrogens with zero attached hydrogens (tertiary/aromatic N) is 2. The third-order valence-electron chi connectivity index (χ3n) is 4.26. The summed E-state index contributed by atoms with van der Waals surface area (Å²) >= 11 is 0. The van der Waals surface area contributed by atoms with Crippen molar-refractivity contribution in [3.8, 4) is 0 Å². The average Bonchev–Trinajstić information content (AvgIpc) is 2.98. The third-order valence-corrected chi connectivity index (χ3v) is 4.26. The van der Waals surface area contributed by atoms with E-state index in [-0.39, 0.29) is 11.8 Å². The Morgan fingerprint density at radius 2 is 1.74 bits per heavy atom. The van der Waals surface area contributed by atoms with Crippen LogP contribution in [0, 0.1) is 11.8 Å². The number of amides is 1. The molecule has 5 nitrogen and oxygen atoms in total. The van der Waals surface area contributed by atoms with Crippen molar-refractivity contribution in [2.75, 3.05) is 27.2 Å². The zero-order chi connectivity index (χ0) is 14.0. The zero-order valence-electron chi connectivity index (χ0n) is 11.8. The van der Waals surface area contributed by atoms with Gasteiger partial charge in [0.2, 0.25) is 5.91 Å². The molecule has 0 bridgehead atoms. The van der Waals surface area contributed by atoms with Crippen molar-refractivity contribution in [3.63, 3.8) is 0 Å². The lowest BCUT2D eigenvalue weighted by Crippen LogP contribution is -2.43. The van der Waals surface area contributed by atoms with Crippen LogP contribution in [-0.4, -0.2) is 60.0 Å². The molecule has 2 saturated carbocycles. The second-order valence-corrected chi connectivity index (χ2v) is 6.06. The van der Waals surface area contributed by atoms with E-state index >= 15 is 0 Å². The van der Waals surface area contributed by atoms with Crippen molar-refractivity contribution < 1.29 is 14.7 Å². The normalized spacial score (nSPS) is 26.7. The molecule has 2 unspecified atom stereocenters. The number of carbonyl (C=O) groups excluding carboxylic acids is 1. The Hall–Kier alpha value is -1.10. The molecule has 0 aromatic heterocycles. The molecule has 108 valence electrons. The molecule has 0 aromatic carbocycles. The molecule has 2 aliphatic rings. The molecular weight excluding hydrogens is 244 g/mol. The maximum absolute atomic E-state index is 12.5. The summed E-state index contributed by atoms with van der Waals surface area (Å²) in [4.78, 5) is 27.4. The third kappa shape index (κ3) is 3.47. The van der Waals surface area contributed by atoms with Gasteiger partial charge < -0.3 is 14.9 Å². The fourth-order valence-electron chi connectivity index (χ4n) is 2.95. The van der Waals surface area contributed by atoms with Crippen LogP contribution in [0.4, 0.5) is 0 Å². The minimum Gasteiger partial charge on any atom is -0.481 e. The number of carboxylic acids is 1. The van der Waals surface area contributed by atoms with E-state index in [2.05, 4.69) is 4.90 Å². The molecule has 19 heavy (non-hydrogen) atoms. The summed E-state index contributed by atoms with van der Waals surface area (Å²) in [5, 5.41) is 8.96. The van der Waals surface area contributed by atoms with Crippen molar-refractivity contribution in [1.29, 1.82) is 0 Å². The fraction of sp³-hybridized carbons (Fsp3) is 0.857. The maximum Gasteiger partial charge on any atom is 0.307 e. The molecule has 2 aliphatic carbocycles. The summed E-state index contributed by atoms with van der Waals surface area (Å²) in [7, 11) is 3.99. The Balaban J connectivity index is 1.96. The second kappa shape index (κ2) is 5.90. The number of carbonyl (C=O) groups is 2. The lowest BCUT2D eigenvalue weighted by molar-refractivity contribution is -0.142. The fourth-order valence-corrected chi connectivity index (χ4v) is 2.95. The summed E-state index contributed by atoms with van der Waals surface area (Å²) < 4.78 is 0. The van der Waals surface area contributed by atoms with Gasteiger partial charge in [0.25, 0.3) is 0 Å². The van der Waals surface area contributed by atoms with Gasteiger partial charge in [0.15, 0.2) is 0 Å². The van der Waals surface area contributed by atoms with E-state index < -0.39 is 11.9 Å². The van der Waals surface area contributed by atoms with Gasteiger partial charge in [-0.15, -0.1) is 0 Å². The SMILES string of the molecule is CN(C)CCN(C(=O)C1CC1C(=O)O)C1CCCC1. The highest BCUT2D eigenvalue weighted by molar-refractivity contribution is 5.89. The molecule has 0 saturated heterocycles. The van der Waals surface area contributed by atoms with E-state index in [1.807, 2.05) is 19.0 Å². The lowest BCUT2D eigenvalue weighted by atomic mass is 10.1. The predicted molar refractivity (Wildman–Crippen MR) is 71.8 cm³/mol. The summed E-state index contributed by atoms with van der Waals surface area (Å²) in [6.07, 6.45) is 5.04. The van der Waals surface area contributed by atoms with Crippen molar-refractivity contribution >= 4 is 11.9 Å². The average molecular weight is 268 g/mol.